The van der Waals surface area contributed by atoms with Crippen LogP contribution in [0.25, 0.3) is 0 Å². The van der Waals surface area contributed by atoms with Crippen molar-refractivity contribution in [1.82, 2.24) is 15.1 Å². The molecule has 0 fully saturated rings. The van der Waals surface area contributed by atoms with Crippen molar-refractivity contribution in [1.29, 1.82) is 0 Å². The summed E-state index contributed by atoms with van der Waals surface area (Å²) in [7, 11) is 1.43. The summed E-state index contributed by atoms with van der Waals surface area (Å²) >= 11 is 5.76. The van der Waals surface area contributed by atoms with Crippen LogP contribution in [0.3, 0.4) is 0 Å². The summed E-state index contributed by atoms with van der Waals surface area (Å²) in [6.07, 6.45) is 0. The maximum Gasteiger partial charge on any atom is 0.343 e. The molecule has 0 spiro atoms. The molecule has 0 aliphatic rings. The maximum atomic E-state index is 12.0. The molecule has 2 rings (SSSR count). The predicted molar refractivity (Wildman–Crippen MR) is 75.3 cm³/mol. The Labute approximate surface area is 119 Å². The Morgan fingerprint density at radius 3 is 2.55 bits per heavy atom. The van der Waals surface area contributed by atoms with E-state index in [0.29, 0.717) is 16.4 Å². The number of rotatable bonds is 2. The molecule has 1 aromatic carbocycles. The van der Waals surface area contributed by atoms with Crippen LogP contribution >= 0.6 is 11.6 Å². The number of halogens is 1. The third kappa shape index (κ3) is 2.77. The average Bonchev–Trinajstić information content (AvgIpc) is 2.73. The zero-order valence-corrected chi connectivity index (χ0v) is 11.6. The highest BCUT2D eigenvalue weighted by molar-refractivity contribution is 6.30. The van der Waals surface area contributed by atoms with Crippen LogP contribution in [0.15, 0.2) is 39.3 Å². The highest BCUT2D eigenvalue weighted by atomic mass is 35.5. The molecule has 8 heteroatoms. The van der Waals surface area contributed by atoms with Gasteiger partial charge in [-0.1, -0.05) is 11.6 Å². The average molecular weight is 294 g/mol. The van der Waals surface area contributed by atoms with Gasteiger partial charge in [-0.05, 0) is 31.2 Å². The van der Waals surface area contributed by atoms with Gasteiger partial charge in [-0.25, -0.2) is 4.79 Å². The predicted octanol–water partition coefficient (Wildman–Crippen LogP) is 2.74. The number of H-pyrrole nitrogens is 1. The normalized spacial score (nSPS) is 10.9. The third-order valence-corrected chi connectivity index (χ3v) is 2.80. The van der Waals surface area contributed by atoms with Gasteiger partial charge in [0, 0.05) is 12.1 Å². The number of amides is 1. The van der Waals surface area contributed by atoms with E-state index in [1.165, 1.54) is 7.05 Å². The van der Waals surface area contributed by atoms with E-state index in [1.54, 1.807) is 31.2 Å². The molecule has 7 nitrogen and oxygen atoms in total. The minimum absolute atomic E-state index is 0.0866. The molecule has 2 N–H and O–H groups in total. The zero-order valence-electron chi connectivity index (χ0n) is 10.8. The highest BCUT2D eigenvalue weighted by Gasteiger charge is 2.14. The number of benzene rings is 1. The van der Waals surface area contributed by atoms with Gasteiger partial charge in [0.05, 0.1) is 11.4 Å². The quantitative estimate of drug-likeness (QED) is 0.833. The molecule has 0 aliphatic heterocycles. The van der Waals surface area contributed by atoms with E-state index in [0.717, 1.165) is 4.68 Å². The first-order valence-electron chi connectivity index (χ1n) is 5.74. The number of nitrogens with one attached hydrogen (secondary N) is 2. The fourth-order valence-corrected chi connectivity index (χ4v) is 1.65. The summed E-state index contributed by atoms with van der Waals surface area (Å²) in [6.45, 7) is 1.64. The van der Waals surface area contributed by atoms with Gasteiger partial charge in [0.15, 0.2) is 5.69 Å². The lowest BCUT2D eigenvalue weighted by atomic mass is 10.3. The summed E-state index contributed by atoms with van der Waals surface area (Å²) in [5, 5.41) is 13.4. The zero-order chi connectivity index (χ0) is 14.7. The molecule has 1 aromatic heterocycles. The summed E-state index contributed by atoms with van der Waals surface area (Å²) in [5.41, 5.74) is 0.542. The number of carbonyl (C=O) groups is 1. The second-order valence-electron chi connectivity index (χ2n) is 3.96. The van der Waals surface area contributed by atoms with Gasteiger partial charge in [0.2, 0.25) is 0 Å². The number of azo groups is 1. The van der Waals surface area contributed by atoms with Crippen LogP contribution in [0.2, 0.25) is 5.02 Å². The van der Waals surface area contributed by atoms with Crippen LogP contribution < -0.4 is 10.9 Å². The summed E-state index contributed by atoms with van der Waals surface area (Å²) in [5.74, 6) is 0. The fraction of sp³-hybridized carbons (Fsp3) is 0.167. The van der Waals surface area contributed by atoms with E-state index in [2.05, 4.69) is 20.6 Å². The van der Waals surface area contributed by atoms with E-state index in [-0.39, 0.29) is 5.69 Å². The van der Waals surface area contributed by atoms with Crippen LogP contribution in [-0.4, -0.2) is 22.9 Å². The van der Waals surface area contributed by atoms with Crippen molar-refractivity contribution in [2.24, 2.45) is 10.2 Å². The van der Waals surface area contributed by atoms with Crippen LogP contribution in [0.1, 0.15) is 5.69 Å². The van der Waals surface area contributed by atoms with Gasteiger partial charge in [-0.2, -0.15) is 9.80 Å². The summed E-state index contributed by atoms with van der Waals surface area (Å²) in [6, 6.07) is 6.12. The van der Waals surface area contributed by atoms with Gasteiger partial charge in [-0.15, -0.1) is 5.11 Å². The number of carbonyl (C=O) groups excluding carboxylic acids is 1. The first-order valence-corrected chi connectivity index (χ1v) is 6.11. The second-order valence-corrected chi connectivity index (χ2v) is 4.39. The standard InChI is InChI=1S/C12H12ClN5O2/c1-7-10(11(19)18(17-7)12(20)14-2)16-15-9-5-3-8(13)4-6-9/h3-6,17H,1-2H3,(H,14,20). The van der Waals surface area contributed by atoms with Gasteiger partial charge in [0.25, 0.3) is 0 Å². The Hall–Kier alpha value is -2.41. The molecule has 0 atom stereocenters. The Bertz CT molecular complexity index is 714. The van der Waals surface area contributed by atoms with Crippen molar-refractivity contribution in [3.8, 4) is 0 Å². The lowest BCUT2D eigenvalue weighted by molar-refractivity contribution is 0.241. The SMILES string of the molecule is CNC(=O)n1[nH]c(C)c(N=Nc2ccc(Cl)cc2)c1=O. The van der Waals surface area contributed by atoms with E-state index in [1.807, 2.05) is 0 Å². The number of aryl methyl sites for hydroxylation is 1. The number of aromatic nitrogens is 2. The lowest BCUT2D eigenvalue weighted by Gasteiger charge is -1.96. The van der Waals surface area contributed by atoms with Gasteiger partial charge in [-0.3, -0.25) is 9.89 Å². The Kier molecular flexibility index (Phi) is 3.99. The smallest absolute Gasteiger partial charge is 0.339 e. The van der Waals surface area contributed by atoms with Crippen molar-refractivity contribution in [2.45, 2.75) is 6.92 Å². The molecule has 20 heavy (non-hydrogen) atoms. The van der Waals surface area contributed by atoms with Crippen LogP contribution in [0.4, 0.5) is 16.2 Å². The monoisotopic (exact) mass is 293 g/mol. The molecule has 2 aromatic rings. The molecule has 0 bridgehead atoms. The first-order chi connectivity index (χ1) is 9.52. The second kappa shape index (κ2) is 5.70. The van der Waals surface area contributed by atoms with Crippen LogP contribution in [0.5, 0.6) is 0 Å². The van der Waals surface area contributed by atoms with Crippen molar-refractivity contribution < 1.29 is 4.79 Å². The Morgan fingerprint density at radius 1 is 1.30 bits per heavy atom. The van der Waals surface area contributed by atoms with Gasteiger partial charge < -0.3 is 5.32 Å². The molecule has 1 amide bonds. The van der Waals surface area contributed by atoms with Crippen LogP contribution in [-0.2, 0) is 0 Å². The third-order valence-electron chi connectivity index (χ3n) is 2.55. The van der Waals surface area contributed by atoms with Crippen LogP contribution in [0, 0.1) is 6.92 Å². The van der Waals surface area contributed by atoms with Gasteiger partial charge in [0.1, 0.15) is 0 Å². The molecular weight excluding hydrogens is 282 g/mol. The number of aromatic amines is 1. The van der Waals surface area contributed by atoms with Crippen molar-refractivity contribution >= 4 is 29.0 Å². The number of nitrogens with zero attached hydrogens (tertiary/aromatic N) is 3. The number of hydrogen-bond acceptors (Lipinski definition) is 4. The van der Waals surface area contributed by atoms with Crippen molar-refractivity contribution in [2.75, 3.05) is 7.05 Å². The summed E-state index contributed by atoms with van der Waals surface area (Å²) in [4.78, 5) is 23.4. The lowest BCUT2D eigenvalue weighted by Crippen LogP contribution is -2.32. The Morgan fingerprint density at radius 2 is 1.95 bits per heavy atom. The maximum absolute atomic E-state index is 12.0. The molecule has 1 heterocycles. The fourth-order valence-electron chi connectivity index (χ4n) is 1.53. The van der Waals surface area contributed by atoms with Crippen molar-refractivity contribution in [3.05, 3.63) is 45.3 Å². The molecule has 0 aliphatic carbocycles. The first kappa shape index (κ1) is 14.0. The highest BCUT2D eigenvalue weighted by Crippen LogP contribution is 2.19. The number of hydrogen-bond donors (Lipinski definition) is 2. The molecule has 0 saturated heterocycles. The molecule has 0 saturated carbocycles. The van der Waals surface area contributed by atoms with E-state index in [4.69, 9.17) is 11.6 Å². The molecule has 104 valence electrons. The summed E-state index contributed by atoms with van der Waals surface area (Å²) < 4.78 is 0.839. The molecule has 0 unspecified atom stereocenters. The van der Waals surface area contributed by atoms with E-state index < -0.39 is 11.6 Å². The van der Waals surface area contributed by atoms with E-state index in [9.17, 15) is 9.59 Å². The largest absolute Gasteiger partial charge is 0.343 e. The topological polar surface area (TPSA) is 91.6 Å². The van der Waals surface area contributed by atoms with Gasteiger partial charge >= 0.3 is 11.6 Å². The Balaban J connectivity index is 2.34. The molecule has 0 radical (unpaired) electrons. The van der Waals surface area contributed by atoms with Crippen molar-refractivity contribution in [3.63, 3.8) is 0 Å². The molecular formula is C12H12ClN5O2. The minimum Gasteiger partial charge on any atom is -0.339 e. The minimum atomic E-state index is -0.564. The van der Waals surface area contributed by atoms with E-state index >= 15 is 0 Å².